The number of hydrogen-bond acceptors (Lipinski definition) is 4. The summed E-state index contributed by atoms with van der Waals surface area (Å²) in [6, 6.07) is 7.97. The maximum Gasteiger partial charge on any atom is 0.245 e. The van der Waals surface area contributed by atoms with E-state index in [4.69, 9.17) is 10.5 Å². The van der Waals surface area contributed by atoms with Gasteiger partial charge in [0.2, 0.25) is 11.8 Å². The van der Waals surface area contributed by atoms with E-state index in [1.807, 2.05) is 39.0 Å². The molecule has 1 aromatic carbocycles. The Hall–Kier alpha value is -1.92. The highest BCUT2D eigenvalue weighted by molar-refractivity contribution is 6.02. The fourth-order valence-electron chi connectivity index (χ4n) is 2.45. The Bertz CT molecular complexity index is 520. The van der Waals surface area contributed by atoms with Crippen LogP contribution >= 0.6 is 0 Å². The van der Waals surface area contributed by atoms with E-state index in [2.05, 4.69) is 5.32 Å². The quantitative estimate of drug-likeness (QED) is 0.635. The van der Waals surface area contributed by atoms with Gasteiger partial charge in [-0.15, -0.1) is 0 Å². The minimum absolute atomic E-state index is 0.0606. The van der Waals surface area contributed by atoms with Gasteiger partial charge in [0, 0.05) is 18.8 Å². The maximum atomic E-state index is 13.1. The molecule has 0 fully saturated rings. The van der Waals surface area contributed by atoms with Crippen LogP contribution in [0.5, 0.6) is 0 Å². The molecule has 0 saturated carbocycles. The fourth-order valence-corrected chi connectivity index (χ4v) is 2.45. The third kappa shape index (κ3) is 5.62. The van der Waals surface area contributed by atoms with Crippen LogP contribution in [0, 0.1) is 5.92 Å². The van der Waals surface area contributed by atoms with Crippen LogP contribution in [0.15, 0.2) is 30.3 Å². The van der Waals surface area contributed by atoms with E-state index < -0.39 is 18.0 Å². The number of ether oxygens (including phenoxy) is 1. The van der Waals surface area contributed by atoms with Crippen molar-refractivity contribution in [2.75, 3.05) is 24.7 Å². The molecule has 0 heterocycles. The first kappa shape index (κ1) is 20.1. The van der Waals surface area contributed by atoms with Gasteiger partial charge in [0.25, 0.3) is 0 Å². The van der Waals surface area contributed by atoms with Gasteiger partial charge in [-0.25, -0.2) is 0 Å². The fraction of sp³-hybridized carbons (Fsp3) is 0.556. The molecule has 134 valence electrons. The van der Waals surface area contributed by atoms with Crippen molar-refractivity contribution < 1.29 is 14.3 Å². The largest absolute Gasteiger partial charge is 0.380 e. The molecule has 0 aliphatic carbocycles. The van der Waals surface area contributed by atoms with E-state index in [1.165, 1.54) is 4.90 Å². The lowest BCUT2D eigenvalue weighted by atomic mass is 10.0. The van der Waals surface area contributed by atoms with E-state index >= 15 is 0 Å². The Labute approximate surface area is 144 Å². The summed E-state index contributed by atoms with van der Waals surface area (Å²) in [5.74, 6) is -0.645. The van der Waals surface area contributed by atoms with Crippen LogP contribution < -0.4 is 16.0 Å². The Balaban J connectivity index is 3.01. The molecule has 0 radical (unpaired) electrons. The normalized spacial score (nSPS) is 13.5. The van der Waals surface area contributed by atoms with Crippen molar-refractivity contribution >= 4 is 17.5 Å². The van der Waals surface area contributed by atoms with Gasteiger partial charge in [0.15, 0.2) is 0 Å². The first-order valence-corrected chi connectivity index (χ1v) is 8.38. The summed E-state index contributed by atoms with van der Waals surface area (Å²) in [7, 11) is 0. The molecule has 1 aromatic rings. The molecule has 6 heteroatoms. The lowest BCUT2D eigenvalue weighted by Crippen LogP contribution is -2.55. The Morgan fingerprint density at radius 2 is 1.83 bits per heavy atom. The van der Waals surface area contributed by atoms with E-state index in [-0.39, 0.29) is 11.8 Å². The highest BCUT2D eigenvalue weighted by atomic mass is 16.5. The van der Waals surface area contributed by atoms with Crippen LogP contribution in [0.25, 0.3) is 0 Å². The molecule has 3 N–H and O–H groups in total. The number of nitrogens with zero attached hydrogens (tertiary/aromatic N) is 1. The number of para-hydroxylation sites is 1. The molecule has 0 unspecified atom stereocenters. The zero-order valence-corrected chi connectivity index (χ0v) is 15.0. The van der Waals surface area contributed by atoms with E-state index in [1.54, 1.807) is 19.1 Å². The lowest BCUT2D eigenvalue weighted by Gasteiger charge is -2.33. The summed E-state index contributed by atoms with van der Waals surface area (Å²) in [5, 5.41) is 3.23. The van der Waals surface area contributed by atoms with Crippen LogP contribution in [-0.2, 0) is 14.3 Å². The van der Waals surface area contributed by atoms with Crippen LogP contribution in [-0.4, -0.2) is 43.7 Å². The molecule has 0 bridgehead atoms. The smallest absolute Gasteiger partial charge is 0.245 e. The summed E-state index contributed by atoms with van der Waals surface area (Å²) in [6.07, 6.45) is 0. The summed E-state index contributed by atoms with van der Waals surface area (Å²) in [5.41, 5.74) is 6.11. The number of nitrogens with two attached hydrogens (primary N) is 1. The number of rotatable bonds is 10. The van der Waals surface area contributed by atoms with Crippen molar-refractivity contribution in [1.82, 2.24) is 5.32 Å². The van der Waals surface area contributed by atoms with Crippen LogP contribution in [0.4, 0.5) is 5.69 Å². The molecule has 2 amide bonds. The van der Waals surface area contributed by atoms with Gasteiger partial charge in [0.05, 0.1) is 12.6 Å². The standard InChI is InChI=1S/C18H29N3O3/c1-5-24-12-11-20-16(13(2)3)18(23)21(14(4)17(19)22)15-9-7-6-8-10-15/h6-10,13-14,16,20H,5,11-12H2,1-4H3,(H2,19,22)/t14-,16-/m0/s1. The molecule has 0 aliphatic heterocycles. The third-order valence-corrected chi connectivity index (χ3v) is 3.82. The van der Waals surface area contributed by atoms with Gasteiger partial charge in [-0.1, -0.05) is 32.0 Å². The Morgan fingerprint density at radius 1 is 1.21 bits per heavy atom. The Morgan fingerprint density at radius 3 is 2.33 bits per heavy atom. The number of carbonyl (C=O) groups is 2. The number of amides is 2. The summed E-state index contributed by atoms with van der Waals surface area (Å²) >= 11 is 0. The van der Waals surface area contributed by atoms with Crippen molar-refractivity contribution in [3.63, 3.8) is 0 Å². The second-order valence-electron chi connectivity index (χ2n) is 5.99. The van der Waals surface area contributed by atoms with Gasteiger partial charge in [-0.3, -0.25) is 14.5 Å². The van der Waals surface area contributed by atoms with E-state index in [0.717, 1.165) is 0 Å². The topological polar surface area (TPSA) is 84.7 Å². The molecule has 0 aliphatic rings. The van der Waals surface area contributed by atoms with E-state index in [9.17, 15) is 9.59 Å². The number of anilines is 1. The zero-order valence-electron chi connectivity index (χ0n) is 15.0. The molecule has 6 nitrogen and oxygen atoms in total. The maximum absolute atomic E-state index is 13.1. The molecule has 24 heavy (non-hydrogen) atoms. The molecule has 0 spiro atoms. The van der Waals surface area contributed by atoms with Gasteiger partial charge in [-0.05, 0) is 31.9 Å². The second kappa shape index (κ2) is 10.1. The third-order valence-electron chi connectivity index (χ3n) is 3.82. The number of carbonyl (C=O) groups excluding carboxylic acids is 2. The van der Waals surface area contributed by atoms with Gasteiger partial charge in [0.1, 0.15) is 6.04 Å². The summed E-state index contributed by atoms with van der Waals surface area (Å²) in [6.45, 7) is 9.24. The molecule has 0 saturated heterocycles. The average Bonchev–Trinajstić information content (AvgIpc) is 2.55. The molecule has 2 atom stereocenters. The van der Waals surface area contributed by atoms with Crippen LogP contribution in [0.2, 0.25) is 0 Å². The molecular formula is C18H29N3O3. The molecule has 0 aromatic heterocycles. The first-order valence-electron chi connectivity index (χ1n) is 8.38. The summed E-state index contributed by atoms with van der Waals surface area (Å²) < 4.78 is 5.31. The van der Waals surface area contributed by atoms with Crippen LogP contribution in [0.3, 0.4) is 0 Å². The lowest BCUT2D eigenvalue weighted by molar-refractivity contribution is -0.126. The number of hydrogen-bond donors (Lipinski definition) is 2. The van der Waals surface area contributed by atoms with E-state index in [0.29, 0.717) is 25.4 Å². The number of benzene rings is 1. The average molecular weight is 335 g/mol. The Kier molecular flexibility index (Phi) is 8.43. The molecule has 1 rings (SSSR count). The second-order valence-corrected chi connectivity index (χ2v) is 5.99. The predicted molar refractivity (Wildman–Crippen MR) is 95.7 cm³/mol. The highest BCUT2D eigenvalue weighted by Crippen LogP contribution is 2.20. The van der Waals surface area contributed by atoms with Crippen molar-refractivity contribution in [2.45, 2.75) is 39.8 Å². The first-order chi connectivity index (χ1) is 11.4. The zero-order chi connectivity index (χ0) is 18.1. The van der Waals surface area contributed by atoms with Crippen molar-refractivity contribution in [1.29, 1.82) is 0 Å². The van der Waals surface area contributed by atoms with Crippen molar-refractivity contribution in [3.8, 4) is 0 Å². The van der Waals surface area contributed by atoms with Crippen LogP contribution in [0.1, 0.15) is 27.7 Å². The number of primary amides is 1. The van der Waals surface area contributed by atoms with Crippen molar-refractivity contribution in [3.05, 3.63) is 30.3 Å². The molecular weight excluding hydrogens is 306 g/mol. The highest BCUT2D eigenvalue weighted by Gasteiger charge is 2.32. The van der Waals surface area contributed by atoms with Gasteiger partial charge < -0.3 is 15.8 Å². The SMILES string of the molecule is CCOCCN[C@H](C(=O)N(c1ccccc1)[C@@H](C)C(N)=O)C(C)C. The minimum Gasteiger partial charge on any atom is -0.380 e. The summed E-state index contributed by atoms with van der Waals surface area (Å²) in [4.78, 5) is 26.3. The monoisotopic (exact) mass is 335 g/mol. The number of nitrogens with one attached hydrogen (secondary N) is 1. The van der Waals surface area contributed by atoms with Gasteiger partial charge >= 0.3 is 0 Å². The minimum atomic E-state index is -0.727. The van der Waals surface area contributed by atoms with Gasteiger partial charge in [-0.2, -0.15) is 0 Å². The predicted octanol–water partition coefficient (Wildman–Crippen LogP) is 1.54. The van der Waals surface area contributed by atoms with Crippen molar-refractivity contribution in [2.24, 2.45) is 11.7 Å².